The molecule has 0 aliphatic carbocycles. The van der Waals surface area contributed by atoms with Gasteiger partial charge in [0.15, 0.2) is 6.10 Å². The average molecular weight is 425 g/mol. The third kappa shape index (κ3) is 7.40. The van der Waals surface area contributed by atoms with Gasteiger partial charge in [-0.2, -0.15) is 13.2 Å². The van der Waals surface area contributed by atoms with Crippen molar-refractivity contribution in [3.63, 3.8) is 0 Å². The molecule has 0 radical (unpaired) electrons. The predicted molar refractivity (Wildman–Crippen MR) is 103 cm³/mol. The molecule has 1 amide bonds. The maximum atomic E-state index is 12.7. The smallest absolute Gasteiger partial charge is 0.416 e. The fourth-order valence-corrected chi connectivity index (χ4v) is 2.65. The molecule has 0 saturated carbocycles. The molecule has 30 heavy (non-hydrogen) atoms. The summed E-state index contributed by atoms with van der Waals surface area (Å²) in [5.74, 6) is -1.09. The van der Waals surface area contributed by atoms with E-state index in [4.69, 9.17) is 9.47 Å². The van der Waals surface area contributed by atoms with Crippen LogP contribution in [0, 0.1) is 0 Å². The summed E-state index contributed by atoms with van der Waals surface area (Å²) in [6.07, 6.45) is -6.53. The van der Waals surface area contributed by atoms with Gasteiger partial charge >= 0.3 is 18.2 Å². The minimum absolute atomic E-state index is 0.0995. The van der Waals surface area contributed by atoms with Crippen LogP contribution in [0.4, 0.5) is 23.7 Å². The number of rotatable bonds is 8. The van der Waals surface area contributed by atoms with Gasteiger partial charge in [0.25, 0.3) is 0 Å². The van der Waals surface area contributed by atoms with Crippen molar-refractivity contribution in [1.29, 1.82) is 0 Å². The lowest BCUT2D eigenvalue weighted by Crippen LogP contribution is -2.29. The second-order valence-corrected chi connectivity index (χ2v) is 6.82. The van der Waals surface area contributed by atoms with Crippen LogP contribution in [-0.4, -0.2) is 29.4 Å². The Hall–Kier alpha value is -3.07. The van der Waals surface area contributed by atoms with Crippen molar-refractivity contribution in [2.75, 3.05) is 5.32 Å². The van der Waals surface area contributed by atoms with Gasteiger partial charge in [-0.3, -0.25) is 5.32 Å². The van der Waals surface area contributed by atoms with Crippen LogP contribution in [0.5, 0.6) is 0 Å². The van der Waals surface area contributed by atoms with Crippen molar-refractivity contribution in [3.05, 3.63) is 65.2 Å². The van der Waals surface area contributed by atoms with Crippen molar-refractivity contribution >= 4 is 17.7 Å². The molecule has 0 aromatic heterocycles. The van der Waals surface area contributed by atoms with Crippen LogP contribution in [0.15, 0.2) is 48.5 Å². The SMILES string of the molecule is CC(C)OC(Cc1cccc(NC(=O)OCc2cccc(C(F)(F)F)c2)c1)C(=O)O. The zero-order valence-corrected chi connectivity index (χ0v) is 16.4. The molecule has 9 heteroatoms. The molecule has 0 aliphatic heterocycles. The van der Waals surface area contributed by atoms with E-state index in [9.17, 15) is 27.9 Å². The number of hydrogen-bond donors (Lipinski definition) is 2. The highest BCUT2D eigenvalue weighted by atomic mass is 19.4. The Morgan fingerprint density at radius 1 is 1.07 bits per heavy atom. The van der Waals surface area contributed by atoms with Crippen LogP contribution in [0.1, 0.15) is 30.5 Å². The molecule has 0 fully saturated rings. The van der Waals surface area contributed by atoms with E-state index >= 15 is 0 Å². The van der Waals surface area contributed by atoms with Gasteiger partial charge in [-0.05, 0) is 49.2 Å². The van der Waals surface area contributed by atoms with E-state index in [-0.39, 0.29) is 24.7 Å². The lowest BCUT2D eigenvalue weighted by Gasteiger charge is -2.17. The maximum absolute atomic E-state index is 12.7. The second-order valence-electron chi connectivity index (χ2n) is 6.82. The number of benzene rings is 2. The summed E-state index contributed by atoms with van der Waals surface area (Å²) < 4.78 is 48.6. The number of anilines is 1. The molecule has 0 bridgehead atoms. The monoisotopic (exact) mass is 425 g/mol. The van der Waals surface area contributed by atoms with E-state index in [0.717, 1.165) is 12.1 Å². The van der Waals surface area contributed by atoms with Gasteiger partial charge in [-0.25, -0.2) is 9.59 Å². The molecule has 1 unspecified atom stereocenters. The third-order valence-electron chi connectivity index (χ3n) is 3.93. The predicted octanol–water partition coefficient (Wildman–Crippen LogP) is 4.87. The molecule has 2 rings (SSSR count). The van der Waals surface area contributed by atoms with Crippen molar-refractivity contribution in [1.82, 2.24) is 0 Å². The summed E-state index contributed by atoms with van der Waals surface area (Å²) in [5, 5.41) is 11.7. The van der Waals surface area contributed by atoms with Gasteiger partial charge in [0.1, 0.15) is 6.61 Å². The number of aliphatic carboxylic acids is 1. The Bertz CT molecular complexity index is 883. The van der Waals surface area contributed by atoms with Gasteiger partial charge < -0.3 is 14.6 Å². The summed E-state index contributed by atoms with van der Waals surface area (Å²) >= 11 is 0. The quantitative estimate of drug-likeness (QED) is 0.630. The lowest BCUT2D eigenvalue weighted by atomic mass is 10.1. The molecule has 2 N–H and O–H groups in total. The van der Waals surface area contributed by atoms with E-state index in [1.54, 1.807) is 38.1 Å². The highest BCUT2D eigenvalue weighted by Crippen LogP contribution is 2.29. The number of ether oxygens (including phenoxy) is 2. The van der Waals surface area contributed by atoms with Crippen molar-refractivity contribution in [2.45, 2.75) is 45.3 Å². The highest BCUT2D eigenvalue weighted by molar-refractivity contribution is 5.84. The van der Waals surface area contributed by atoms with Gasteiger partial charge in [-0.15, -0.1) is 0 Å². The Balaban J connectivity index is 1.96. The number of carboxylic acid groups (broad SMARTS) is 1. The molecular weight excluding hydrogens is 403 g/mol. The number of amides is 1. The van der Waals surface area contributed by atoms with Gasteiger partial charge in [0, 0.05) is 12.1 Å². The van der Waals surface area contributed by atoms with Crippen LogP contribution in [-0.2, 0) is 33.5 Å². The summed E-state index contributed by atoms with van der Waals surface area (Å²) in [7, 11) is 0. The Morgan fingerprint density at radius 2 is 1.73 bits per heavy atom. The summed E-state index contributed by atoms with van der Waals surface area (Å²) in [6.45, 7) is 3.13. The second kappa shape index (κ2) is 10.1. The topological polar surface area (TPSA) is 84.9 Å². The number of alkyl halides is 3. The molecule has 0 heterocycles. The van der Waals surface area contributed by atoms with Crippen molar-refractivity contribution < 1.29 is 37.3 Å². The molecule has 1 atom stereocenters. The first-order valence-electron chi connectivity index (χ1n) is 9.11. The summed E-state index contributed by atoms with van der Waals surface area (Å²) in [6, 6.07) is 11.0. The number of nitrogens with one attached hydrogen (secondary N) is 1. The highest BCUT2D eigenvalue weighted by Gasteiger charge is 2.30. The maximum Gasteiger partial charge on any atom is 0.416 e. The van der Waals surface area contributed by atoms with E-state index < -0.39 is 29.9 Å². The van der Waals surface area contributed by atoms with Gasteiger partial charge in [0.05, 0.1) is 11.7 Å². The first kappa shape index (κ1) is 23.2. The van der Waals surface area contributed by atoms with E-state index in [0.29, 0.717) is 11.3 Å². The molecule has 2 aromatic carbocycles. The van der Waals surface area contributed by atoms with E-state index in [1.807, 2.05) is 0 Å². The number of hydrogen-bond acceptors (Lipinski definition) is 4. The van der Waals surface area contributed by atoms with Crippen LogP contribution in [0.25, 0.3) is 0 Å². The molecule has 6 nitrogen and oxygen atoms in total. The fourth-order valence-electron chi connectivity index (χ4n) is 2.65. The van der Waals surface area contributed by atoms with E-state index in [2.05, 4.69) is 5.32 Å². The molecule has 162 valence electrons. The zero-order valence-electron chi connectivity index (χ0n) is 16.4. The first-order chi connectivity index (χ1) is 14.0. The first-order valence-corrected chi connectivity index (χ1v) is 9.11. The Labute approximate surface area is 171 Å². The molecule has 0 spiro atoms. The van der Waals surface area contributed by atoms with Crippen LogP contribution < -0.4 is 5.32 Å². The van der Waals surface area contributed by atoms with Crippen LogP contribution in [0.3, 0.4) is 0 Å². The number of carboxylic acids is 1. The van der Waals surface area contributed by atoms with Crippen molar-refractivity contribution in [3.8, 4) is 0 Å². The number of halogens is 3. The third-order valence-corrected chi connectivity index (χ3v) is 3.93. The zero-order chi connectivity index (χ0) is 22.3. The Kier molecular flexibility index (Phi) is 7.82. The molecular formula is C21H22F3NO5. The number of carbonyl (C=O) groups excluding carboxylic acids is 1. The standard InChI is InChI=1S/C21H22F3NO5/c1-13(2)30-18(19(26)27)11-14-5-4-8-17(10-14)25-20(28)29-12-15-6-3-7-16(9-15)21(22,23)24/h3-10,13,18H,11-12H2,1-2H3,(H,25,28)(H,26,27). The van der Waals surface area contributed by atoms with Gasteiger partial charge in [-0.1, -0.05) is 24.3 Å². The molecule has 0 saturated heterocycles. The summed E-state index contributed by atoms with van der Waals surface area (Å²) in [5.41, 5.74) is 0.353. The van der Waals surface area contributed by atoms with Crippen LogP contribution >= 0.6 is 0 Å². The number of carbonyl (C=O) groups is 2. The largest absolute Gasteiger partial charge is 0.479 e. The molecule has 2 aromatic rings. The van der Waals surface area contributed by atoms with Crippen LogP contribution in [0.2, 0.25) is 0 Å². The minimum Gasteiger partial charge on any atom is -0.479 e. The minimum atomic E-state index is -4.48. The Morgan fingerprint density at radius 3 is 2.37 bits per heavy atom. The normalized spacial score (nSPS) is 12.5. The average Bonchev–Trinajstić information content (AvgIpc) is 2.65. The lowest BCUT2D eigenvalue weighted by molar-refractivity contribution is -0.153. The molecule has 0 aliphatic rings. The van der Waals surface area contributed by atoms with Crippen molar-refractivity contribution in [2.24, 2.45) is 0 Å². The summed E-state index contributed by atoms with van der Waals surface area (Å²) in [4.78, 5) is 23.3. The van der Waals surface area contributed by atoms with E-state index in [1.165, 1.54) is 12.1 Å². The fraction of sp³-hybridized carbons (Fsp3) is 0.333. The van der Waals surface area contributed by atoms with Gasteiger partial charge in [0.2, 0.25) is 0 Å².